The number of hydrogen-bond acceptors (Lipinski definition) is 2. The van der Waals surface area contributed by atoms with Crippen LogP contribution < -0.4 is 4.57 Å². The SMILES string of the molecule is CC[Si](CC)(CC)OC(c1ccc2ccccc2c1)c1sc(C)c(C)[n+]1C. The van der Waals surface area contributed by atoms with Gasteiger partial charge in [0.25, 0.3) is 5.01 Å². The first kappa shape index (κ1) is 20.2. The predicted octanol–water partition coefficient (Wildman–Crippen LogP) is 6.45. The Balaban J connectivity index is 2.14. The van der Waals surface area contributed by atoms with E-state index in [1.807, 2.05) is 11.3 Å². The summed E-state index contributed by atoms with van der Waals surface area (Å²) in [6.45, 7) is 11.3. The van der Waals surface area contributed by atoms with Crippen molar-refractivity contribution < 1.29 is 8.99 Å². The zero-order valence-electron chi connectivity index (χ0n) is 17.5. The minimum absolute atomic E-state index is 0.0172. The average molecular weight is 399 g/mol. The lowest BCUT2D eigenvalue weighted by Crippen LogP contribution is -2.42. The van der Waals surface area contributed by atoms with Crippen LogP contribution in [0.15, 0.2) is 42.5 Å². The van der Waals surface area contributed by atoms with Crippen molar-refractivity contribution in [3.63, 3.8) is 0 Å². The van der Waals surface area contributed by atoms with Gasteiger partial charge in [-0.15, -0.1) is 0 Å². The van der Waals surface area contributed by atoms with Crippen LogP contribution >= 0.6 is 11.3 Å². The van der Waals surface area contributed by atoms with Crippen molar-refractivity contribution in [3.05, 3.63) is 63.6 Å². The van der Waals surface area contributed by atoms with Gasteiger partial charge in [-0.1, -0.05) is 68.5 Å². The summed E-state index contributed by atoms with van der Waals surface area (Å²) in [6, 6.07) is 18.9. The summed E-state index contributed by atoms with van der Waals surface area (Å²) in [5, 5.41) is 3.88. The number of thiazole rings is 1. The van der Waals surface area contributed by atoms with Crippen molar-refractivity contribution in [2.45, 2.75) is 58.9 Å². The van der Waals surface area contributed by atoms with Crippen molar-refractivity contribution >= 4 is 30.4 Å². The molecule has 0 aliphatic carbocycles. The molecule has 1 heterocycles. The first-order valence-corrected chi connectivity index (χ1v) is 13.4. The van der Waals surface area contributed by atoms with E-state index in [4.69, 9.17) is 4.43 Å². The monoisotopic (exact) mass is 398 g/mol. The lowest BCUT2D eigenvalue weighted by molar-refractivity contribution is -0.682. The quantitative estimate of drug-likeness (QED) is 0.329. The third kappa shape index (κ3) is 3.89. The van der Waals surface area contributed by atoms with E-state index in [0.29, 0.717) is 0 Å². The summed E-state index contributed by atoms with van der Waals surface area (Å²) in [7, 11) is 0.428. The highest BCUT2D eigenvalue weighted by Gasteiger charge is 2.37. The van der Waals surface area contributed by atoms with E-state index in [2.05, 4.69) is 88.7 Å². The Morgan fingerprint density at radius 1 is 0.963 bits per heavy atom. The minimum atomic E-state index is -1.75. The van der Waals surface area contributed by atoms with Gasteiger partial charge in [0.2, 0.25) is 0 Å². The van der Waals surface area contributed by atoms with Crippen molar-refractivity contribution in [1.82, 2.24) is 0 Å². The molecule has 0 aliphatic rings. The van der Waals surface area contributed by atoms with E-state index in [-0.39, 0.29) is 6.10 Å². The normalized spacial score (nSPS) is 13.3. The van der Waals surface area contributed by atoms with Crippen molar-refractivity contribution in [1.29, 1.82) is 0 Å². The van der Waals surface area contributed by atoms with Crippen LogP contribution in [-0.2, 0) is 11.5 Å². The fourth-order valence-corrected chi connectivity index (χ4v) is 7.81. The number of benzene rings is 2. The smallest absolute Gasteiger partial charge is 0.270 e. The zero-order chi connectivity index (χ0) is 19.6. The molecule has 0 saturated carbocycles. The first-order valence-electron chi connectivity index (χ1n) is 10.1. The zero-order valence-corrected chi connectivity index (χ0v) is 19.3. The van der Waals surface area contributed by atoms with E-state index in [0.717, 1.165) is 18.1 Å². The molecule has 1 aromatic heterocycles. The maximum absolute atomic E-state index is 7.08. The van der Waals surface area contributed by atoms with Crippen molar-refractivity contribution in [3.8, 4) is 0 Å². The molecule has 2 nitrogen and oxygen atoms in total. The number of rotatable bonds is 7. The van der Waals surface area contributed by atoms with Gasteiger partial charge < -0.3 is 4.43 Å². The van der Waals surface area contributed by atoms with Gasteiger partial charge in [-0.2, -0.15) is 4.57 Å². The Hall–Kier alpha value is -1.49. The van der Waals surface area contributed by atoms with E-state index in [1.54, 1.807) is 0 Å². The molecule has 0 radical (unpaired) electrons. The van der Waals surface area contributed by atoms with Crippen molar-refractivity contribution in [2.24, 2.45) is 7.05 Å². The molecule has 0 bridgehead atoms. The van der Waals surface area contributed by atoms with Gasteiger partial charge in [0.1, 0.15) is 7.05 Å². The molecule has 2 aromatic carbocycles. The van der Waals surface area contributed by atoms with Gasteiger partial charge in [-0.3, -0.25) is 0 Å². The fraction of sp³-hybridized carbons (Fsp3) is 0.435. The first-order chi connectivity index (χ1) is 12.9. The molecule has 0 fully saturated rings. The molecule has 4 heteroatoms. The number of fused-ring (bicyclic) bond motifs is 1. The summed E-state index contributed by atoms with van der Waals surface area (Å²) < 4.78 is 9.42. The number of aromatic nitrogens is 1. The molecule has 1 atom stereocenters. The van der Waals surface area contributed by atoms with E-state index >= 15 is 0 Å². The second-order valence-electron chi connectivity index (χ2n) is 7.49. The lowest BCUT2D eigenvalue weighted by Gasteiger charge is -2.32. The summed E-state index contributed by atoms with van der Waals surface area (Å²) >= 11 is 1.88. The molecule has 0 amide bonds. The molecule has 3 aromatic rings. The third-order valence-corrected chi connectivity index (χ3v) is 12.1. The molecule has 1 unspecified atom stereocenters. The lowest BCUT2D eigenvalue weighted by atomic mass is 10.0. The molecule has 27 heavy (non-hydrogen) atoms. The van der Waals surface area contributed by atoms with Crippen LogP contribution in [0, 0.1) is 13.8 Å². The highest BCUT2D eigenvalue weighted by Crippen LogP contribution is 2.36. The third-order valence-electron chi connectivity index (χ3n) is 6.20. The van der Waals surface area contributed by atoms with Gasteiger partial charge in [0.05, 0.1) is 4.88 Å². The molecular formula is C23H32NOSSi+. The van der Waals surface area contributed by atoms with Gasteiger partial charge in [-0.25, -0.2) is 0 Å². The summed E-state index contributed by atoms with van der Waals surface area (Å²) in [6.07, 6.45) is 0.0172. The average Bonchev–Trinajstić information content (AvgIpc) is 2.96. The van der Waals surface area contributed by atoms with Crippen LogP contribution in [0.5, 0.6) is 0 Å². The predicted molar refractivity (Wildman–Crippen MR) is 119 cm³/mol. The van der Waals surface area contributed by atoms with Gasteiger partial charge in [0.15, 0.2) is 20.1 Å². The number of nitrogens with zero attached hydrogens (tertiary/aromatic N) is 1. The van der Waals surface area contributed by atoms with Gasteiger partial charge in [-0.05, 0) is 47.5 Å². The van der Waals surface area contributed by atoms with Crippen LogP contribution in [-0.4, -0.2) is 8.32 Å². The van der Waals surface area contributed by atoms with Gasteiger partial charge >= 0.3 is 0 Å². The second-order valence-corrected chi connectivity index (χ2v) is 13.4. The van der Waals surface area contributed by atoms with Crippen LogP contribution in [0.25, 0.3) is 10.8 Å². The topological polar surface area (TPSA) is 13.1 Å². The van der Waals surface area contributed by atoms with Gasteiger partial charge in [0, 0.05) is 6.92 Å². The highest BCUT2D eigenvalue weighted by molar-refractivity contribution is 7.11. The Kier molecular flexibility index (Phi) is 6.19. The minimum Gasteiger partial charge on any atom is -0.400 e. The van der Waals surface area contributed by atoms with Crippen molar-refractivity contribution in [2.75, 3.05) is 0 Å². The molecule has 0 N–H and O–H groups in total. The molecule has 0 aliphatic heterocycles. The molecule has 144 valence electrons. The summed E-state index contributed by atoms with van der Waals surface area (Å²) in [5.74, 6) is 0. The number of aryl methyl sites for hydroxylation is 1. The standard InChI is InChI=1S/C23H32NOSSi/c1-7-27(8-2,9-3)25-22(23-24(6)17(4)18(5)26-23)21-15-14-19-12-10-11-13-20(19)16-21/h10-16,22H,7-9H2,1-6H3/q+1. The molecule has 0 saturated heterocycles. The summed E-state index contributed by atoms with van der Waals surface area (Å²) in [4.78, 5) is 1.37. The van der Waals surface area contributed by atoms with Crippen LogP contribution in [0.2, 0.25) is 18.1 Å². The van der Waals surface area contributed by atoms with E-state index in [9.17, 15) is 0 Å². The van der Waals surface area contributed by atoms with Crippen LogP contribution in [0.3, 0.4) is 0 Å². The Labute approximate surface area is 169 Å². The molecular weight excluding hydrogens is 366 g/mol. The second kappa shape index (κ2) is 8.25. The Bertz CT molecular complexity index is 921. The van der Waals surface area contributed by atoms with E-state index in [1.165, 1.54) is 31.9 Å². The molecule has 0 spiro atoms. The molecule has 3 rings (SSSR count). The number of hydrogen-bond donors (Lipinski definition) is 0. The highest BCUT2D eigenvalue weighted by atomic mass is 32.1. The Morgan fingerprint density at radius 2 is 1.59 bits per heavy atom. The summed E-state index contributed by atoms with van der Waals surface area (Å²) in [5.41, 5.74) is 2.61. The maximum atomic E-state index is 7.08. The van der Waals surface area contributed by atoms with E-state index < -0.39 is 8.32 Å². The largest absolute Gasteiger partial charge is 0.400 e. The maximum Gasteiger partial charge on any atom is 0.270 e. The fourth-order valence-electron chi connectivity index (χ4n) is 3.81. The van der Waals surface area contributed by atoms with Crippen LogP contribution in [0.1, 0.15) is 48.0 Å². The Morgan fingerprint density at radius 3 is 2.15 bits per heavy atom. The van der Waals surface area contributed by atoms with Crippen LogP contribution in [0.4, 0.5) is 0 Å².